The molecule has 0 aromatic carbocycles. The first-order chi connectivity index (χ1) is 5.88. The van der Waals surface area contributed by atoms with Crippen LogP contribution in [0, 0.1) is 0 Å². The molecular formula is C11H14N+. The molecule has 0 bridgehead atoms. The lowest BCUT2D eigenvalue weighted by molar-refractivity contribution is -0.418. The molecular weight excluding hydrogens is 146 g/mol. The molecule has 0 amide bonds. The Hall–Kier alpha value is -1.37. The molecule has 0 heterocycles. The predicted molar refractivity (Wildman–Crippen MR) is 53.1 cm³/mol. The SMILES string of the molecule is C/C=C/C=C1/C=CC=CC1=[NH+]C. The standard InChI is InChI=1S/C11H13N/c1-3-4-7-10-8-5-6-9-11(10)12-2/h3-9H,1-2H3/p+1/b4-3+,10-7-,12-11?. The summed E-state index contributed by atoms with van der Waals surface area (Å²) in [6, 6.07) is 0. The van der Waals surface area contributed by atoms with Gasteiger partial charge >= 0.3 is 0 Å². The van der Waals surface area contributed by atoms with E-state index < -0.39 is 0 Å². The average molecular weight is 160 g/mol. The fourth-order valence-corrected chi connectivity index (χ4v) is 1.07. The molecule has 0 saturated carbocycles. The molecule has 1 N–H and O–H groups in total. The fraction of sp³-hybridized carbons (Fsp3) is 0.182. The van der Waals surface area contributed by atoms with Crippen molar-refractivity contribution in [3.63, 3.8) is 0 Å². The molecule has 1 heteroatoms. The van der Waals surface area contributed by atoms with Crippen molar-refractivity contribution in [1.82, 2.24) is 0 Å². The maximum absolute atomic E-state index is 3.14. The Morgan fingerprint density at radius 2 is 2.00 bits per heavy atom. The zero-order valence-corrected chi connectivity index (χ0v) is 7.54. The van der Waals surface area contributed by atoms with Crippen LogP contribution in [0.15, 0.2) is 48.1 Å². The van der Waals surface area contributed by atoms with Crippen LogP contribution in [0.25, 0.3) is 0 Å². The Morgan fingerprint density at radius 3 is 2.67 bits per heavy atom. The predicted octanol–water partition coefficient (Wildman–Crippen LogP) is 0.766. The summed E-state index contributed by atoms with van der Waals surface area (Å²) in [7, 11) is 1.93. The van der Waals surface area contributed by atoms with Crippen molar-refractivity contribution in [2.24, 2.45) is 0 Å². The lowest BCUT2D eigenvalue weighted by atomic mass is 10.1. The van der Waals surface area contributed by atoms with Crippen molar-refractivity contribution >= 4 is 5.71 Å². The van der Waals surface area contributed by atoms with E-state index in [9.17, 15) is 0 Å². The van der Waals surface area contributed by atoms with Crippen LogP contribution in [-0.4, -0.2) is 12.8 Å². The summed E-state index contributed by atoms with van der Waals surface area (Å²) in [5.41, 5.74) is 2.38. The molecule has 0 radical (unpaired) electrons. The molecule has 0 unspecified atom stereocenters. The first kappa shape index (κ1) is 8.72. The molecule has 1 aliphatic carbocycles. The summed E-state index contributed by atoms with van der Waals surface area (Å²) in [5, 5.41) is 0. The quantitative estimate of drug-likeness (QED) is 0.582. The van der Waals surface area contributed by atoms with Gasteiger partial charge in [-0.15, -0.1) is 0 Å². The number of hydrogen-bond acceptors (Lipinski definition) is 0. The van der Waals surface area contributed by atoms with Gasteiger partial charge in [-0.2, -0.15) is 0 Å². The maximum Gasteiger partial charge on any atom is 0.205 e. The highest BCUT2D eigenvalue weighted by Crippen LogP contribution is 2.04. The molecule has 0 aromatic heterocycles. The fourth-order valence-electron chi connectivity index (χ4n) is 1.07. The minimum absolute atomic E-state index is 1.16. The Morgan fingerprint density at radius 1 is 1.25 bits per heavy atom. The monoisotopic (exact) mass is 160 g/mol. The van der Waals surface area contributed by atoms with Crippen molar-refractivity contribution in [2.75, 3.05) is 7.05 Å². The molecule has 62 valence electrons. The Bertz CT molecular complexity index is 288. The second kappa shape index (κ2) is 4.50. The topological polar surface area (TPSA) is 14.0 Å². The largest absolute Gasteiger partial charge is 0.244 e. The van der Waals surface area contributed by atoms with Gasteiger partial charge in [-0.25, -0.2) is 4.99 Å². The molecule has 0 atom stereocenters. The van der Waals surface area contributed by atoms with Gasteiger partial charge in [0, 0.05) is 11.6 Å². The van der Waals surface area contributed by atoms with E-state index in [-0.39, 0.29) is 0 Å². The van der Waals surface area contributed by atoms with E-state index in [1.165, 1.54) is 5.57 Å². The summed E-state index contributed by atoms with van der Waals surface area (Å²) < 4.78 is 0. The number of hydrogen-bond donors (Lipinski definition) is 1. The highest BCUT2D eigenvalue weighted by atomic mass is 14.7. The Kier molecular flexibility index (Phi) is 3.27. The summed E-state index contributed by atoms with van der Waals surface area (Å²) in [6.45, 7) is 2.01. The third-order valence-corrected chi connectivity index (χ3v) is 1.70. The third kappa shape index (κ3) is 2.06. The van der Waals surface area contributed by atoms with Gasteiger partial charge in [0.05, 0.1) is 0 Å². The third-order valence-electron chi connectivity index (χ3n) is 1.70. The Labute approximate surface area is 73.5 Å². The minimum Gasteiger partial charge on any atom is -0.244 e. The number of rotatable bonds is 1. The van der Waals surface area contributed by atoms with Crippen molar-refractivity contribution in [3.8, 4) is 0 Å². The van der Waals surface area contributed by atoms with Gasteiger partial charge in [0.15, 0.2) is 0 Å². The number of nitrogens with one attached hydrogen (secondary N) is 1. The van der Waals surface area contributed by atoms with Gasteiger partial charge in [0.2, 0.25) is 5.71 Å². The van der Waals surface area contributed by atoms with Gasteiger partial charge in [0.25, 0.3) is 0 Å². The first-order valence-electron chi connectivity index (χ1n) is 4.11. The molecule has 0 saturated heterocycles. The molecule has 0 aromatic rings. The lowest BCUT2D eigenvalue weighted by Gasteiger charge is -1.98. The summed E-state index contributed by atoms with van der Waals surface area (Å²) in [4.78, 5) is 3.14. The van der Waals surface area contributed by atoms with Crippen LogP contribution in [0.3, 0.4) is 0 Å². The van der Waals surface area contributed by atoms with Crippen LogP contribution in [-0.2, 0) is 0 Å². The smallest absolute Gasteiger partial charge is 0.205 e. The van der Waals surface area contributed by atoms with E-state index >= 15 is 0 Å². The van der Waals surface area contributed by atoms with E-state index in [4.69, 9.17) is 0 Å². The summed E-state index contributed by atoms with van der Waals surface area (Å²) >= 11 is 0. The van der Waals surface area contributed by atoms with Crippen LogP contribution < -0.4 is 4.99 Å². The van der Waals surface area contributed by atoms with Gasteiger partial charge < -0.3 is 0 Å². The lowest BCUT2D eigenvalue weighted by Crippen LogP contribution is -2.67. The van der Waals surface area contributed by atoms with E-state index in [0.29, 0.717) is 0 Å². The van der Waals surface area contributed by atoms with Crippen molar-refractivity contribution < 1.29 is 4.99 Å². The molecule has 1 aliphatic rings. The van der Waals surface area contributed by atoms with E-state index in [0.717, 1.165) is 5.71 Å². The summed E-state index contributed by atoms with van der Waals surface area (Å²) in [5.74, 6) is 0. The van der Waals surface area contributed by atoms with E-state index in [1.54, 1.807) is 0 Å². The van der Waals surface area contributed by atoms with Gasteiger partial charge in [-0.1, -0.05) is 24.3 Å². The van der Waals surface area contributed by atoms with Gasteiger partial charge in [0.1, 0.15) is 7.05 Å². The van der Waals surface area contributed by atoms with Gasteiger partial charge in [-0.05, 0) is 19.1 Å². The molecule has 0 aliphatic heterocycles. The number of allylic oxidation sites excluding steroid dienone is 8. The van der Waals surface area contributed by atoms with E-state index in [2.05, 4.69) is 23.2 Å². The van der Waals surface area contributed by atoms with Crippen molar-refractivity contribution in [3.05, 3.63) is 48.1 Å². The molecule has 0 spiro atoms. The van der Waals surface area contributed by atoms with Crippen LogP contribution in [0.5, 0.6) is 0 Å². The molecule has 12 heavy (non-hydrogen) atoms. The van der Waals surface area contributed by atoms with Gasteiger partial charge in [-0.3, -0.25) is 0 Å². The van der Waals surface area contributed by atoms with Crippen LogP contribution in [0.2, 0.25) is 0 Å². The maximum atomic E-state index is 3.14. The molecule has 1 rings (SSSR count). The molecule has 0 fully saturated rings. The first-order valence-corrected chi connectivity index (χ1v) is 4.11. The second-order valence-electron chi connectivity index (χ2n) is 2.53. The highest BCUT2D eigenvalue weighted by molar-refractivity contribution is 6.07. The second-order valence-corrected chi connectivity index (χ2v) is 2.53. The summed E-state index contributed by atoms with van der Waals surface area (Å²) in [6.07, 6.45) is 14.4. The molecule has 1 nitrogen and oxygen atoms in total. The minimum atomic E-state index is 1.16. The van der Waals surface area contributed by atoms with Crippen molar-refractivity contribution in [2.45, 2.75) is 6.92 Å². The zero-order valence-electron chi connectivity index (χ0n) is 7.54. The normalized spacial score (nSPS) is 23.2. The van der Waals surface area contributed by atoms with Crippen LogP contribution >= 0.6 is 0 Å². The van der Waals surface area contributed by atoms with Crippen LogP contribution in [0.1, 0.15) is 6.92 Å². The highest BCUT2D eigenvalue weighted by Gasteiger charge is 2.05. The van der Waals surface area contributed by atoms with E-state index in [1.807, 2.05) is 38.3 Å². The van der Waals surface area contributed by atoms with Crippen molar-refractivity contribution in [1.29, 1.82) is 0 Å². The van der Waals surface area contributed by atoms with Crippen LogP contribution in [0.4, 0.5) is 0 Å². The Balaban J connectivity index is 2.90. The average Bonchev–Trinajstić information content (AvgIpc) is 2.15. The zero-order chi connectivity index (χ0) is 8.81.